The van der Waals surface area contributed by atoms with Crippen molar-refractivity contribution in [3.63, 3.8) is 0 Å². The highest BCUT2D eigenvalue weighted by Gasteiger charge is 2.15. The lowest BCUT2D eigenvalue weighted by atomic mass is 10.1. The number of carbonyl (C=O) groups is 1. The fraction of sp³-hybridized carbons (Fsp3) is 0.409. The first kappa shape index (κ1) is 22.3. The van der Waals surface area contributed by atoms with E-state index in [4.69, 9.17) is 9.47 Å². The summed E-state index contributed by atoms with van der Waals surface area (Å²) in [5.41, 5.74) is 1.73. The van der Waals surface area contributed by atoms with Crippen molar-refractivity contribution in [2.24, 2.45) is 0 Å². The summed E-state index contributed by atoms with van der Waals surface area (Å²) in [5.74, 6) is 0.348. The van der Waals surface area contributed by atoms with Crippen LogP contribution in [0.25, 0.3) is 0 Å². The van der Waals surface area contributed by atoms with Gasteiger partial charge in [-0.05, 0) is 56.2 Å². The number of benzene rings is 1. The molecule has 0 radical (unpaired) electrons. The summed E-state index contributed by atoms with van der Waals surface area (Å²) in [6.07, 6.45) is 1.76. The van der Waals surface area contributed by atoms with Gasteiger partial charge in [0.2, 0.25) is 0 Å². The van der Waals surface area contributed by atoms with E-state index in [0.29, 0.717) is 43.4 Å². The lowest BCUT2D eigenvalue weighted by molar-refractivity contribution is 0.0491. The third kappa shape index (κ3) is 6.85. The monoisotopic (exact) mass is 401 g/mol. The van der Waals surface area contributed by atoms with Crippen molar-refractivity contribution in [2.75, 3.05) is 24.7 Å². The second-order valence-corrected chi connectivity index (χ2v) is 6.78. The van der Waals surface area contributed by atoms with Crippen LogP contribution in [0.2, 0.25) is 0 Å². The predicted octanol–water partition coefficient (Wildman–Crippen LogP) is 4.55. The van der Waals surface area contributed by atoms with Gasteiger partial charge in [0.1, 0.15) is 18.2 Å². The number of halogens is 1. The first-order valence-electron chi connectivity index (χ1n) is 9.76. The molecule has 0 bridgehead atoms. The summed E-state index contributed by atoms with van der Waals surface area (Å²) in [6.45, 7) is 11.4. The Morgan fingerprint density at radius 1 is 1.21 bits per heavy atom. The molecular formula is C22H28FN3O3. The number of nitrogens with zero attached hydrogens (tertiary/aromatic N) is 3. The van der Waals surface area contributed by atoms with Crippen molar-refractivity contribution < 1.29 is 18.7 Å². The Morgan fingerprint density at radius 3 is 2.62 bits per heavy atom. The van der Waals surface area contributed by atoms with Crippen molar-refractivity contribution in [3.05, 3.63) is 59.6 Å². The highest BCUT2D eigenvalue weighted by molar-refractivity contribution is 5.87. The van der Waals surface area contributed by atoms with E-state index < -0.39 is 5.97 Å². The number of carbonyl (C=O) groups excluding carboxylic acids is 1. The van der Waals surface area contributed by atoms with E-state index in [1.807, 2.05) is 25.7 Å². The molecule has 29 heavy (non-hydrogen) atoms. The Kier molecular flexibility index (Phi) is 8.58. The highest BCUT2D eigenvalue weighted by atomic mass is 19.1. The predicted molar refractivity (Wildman–Crippen MR) is 111 cm³/mol. The molecule has 0 saturated carbocycles. The molecule has 156 valence electrons. The van der Waals surface area contributed by atoms with Crippen LogP contribution in [0, 0.1) is 5.82 Å². The lowest BCUT2D eigenvalue weighted by Crippen LogP contribution is -2.24. The largest absolute Gasteiger partial charge is 0.489 e. The smallest absolute Gasteiger partial charge is 0.358 e. The summed E-state index contributed by atoms with van der Waals surface area (Å²) in [5, 5.41) is 8.13. The molecule has 0 aliphatic heterocycles. The number of esters is 1. The van der Waals surface area contributed by atoms with Crippen molar-refractivity contribution in [2.45, 2.75) is 40.2 Å². The van der Waals surface area contributed by atoms with Gasteiger partial charge in [-0.1, -0.05) is 19.9 Å². The third-order valence-electron chi connectivity index (χ3n) is 4.15. The average molecular weight is 401 g/mol. The molecular weight excluding hydrogens is 373 g/mol. The minimum atomic E-state index is -0.485. The standard InChI is InChI=1S/C22H28FN3O3/c1-5-7-12-28-22(27)19-9-11-21(25-24-19)26(6-2)14-17-13-18(23)8-10-20(17)29-15-16(3)4/h8-11,13H,3,5-7,12,14-15H2,1-2,4H3. The van der Waals surface area contributed by atoms with E-state index in [1.54, 1.807) is 18.2 Å². The number of anilines is 1. The van der Waals surface area contributed by atoms with Crippen molar-refractivity contribution in [1.29, 1.82) is 0 Å². The zero-order chi connectivity index (χ0) is 21.2. The van der Waals surface area contributed by atoms with E-state index in [1.165, 1.54) is 12.1 Å². The van der Waals surface area contributed by atoms with Crippen LogP contribution >= 0.6 is 0 Å². The molecule has 0 aliphatic carbocycles. The van der Waals surface area contributed by atoms with Gasteiger partial charge in [-0.3, -0.25) is 0 Å². The Hall–Kier alpha value is -2.96. The molecule has 2 aromatic rings. The van der Waals surface area contributed by atoms with Crippen LogP contribution in [0.15, 0.2) is 42.5 Å². The van der Waals surface area contributed by atoms with Gasteiger partial charge in [0.25, 0.3) is 0 Å². The quantitative estimate of drug-likeness (QED) is 0.313. The highest BCUT2D eigenvalue weighted by Crippen LogP contribution is 2.24. The second-order valence-electron chi connectivity index (χ2n) is 6.78. The normalized spacial score (nSPS) is 10.5. The molecule has 7 heteroatoms. The van der Waals surface area contributed by atoms with E-state index in [2.05, 4.69) is 16.8 Å². The van der Waals surface area contributed by atoms with E-state index in [9.17, 15) is 9.18 Å². The maximum atomic E-state index is 13.8. The van der Waals surface area contributed by atoms with E-state index in [-0.39, 0.29) is 11.5 Å². The maximum Gasteiger partial charge on any atom is 0.358 e. The van der Waals surface area contributed by atoms with Gasteiger partial charge in [-0.15, -0.1) is 10.2 Å². The topological polar surface area (TPSA) is 64.5 Å². The average Bonchev–Trinajstić information content (AvgIpc) is 2.71. The zero-order valence-electron chi connectivity index (χ0n) is 17.3. The summed E-state index contributed by atoms with van der Waals surface area (Å²) in [6, 6.07) is 7.72. The number of ether oxygens (including phenoxy) is 2. The van der Waals surface area contributed by atoms with Gasteiger partial charge < -0.3 is 14.4 Å². The SMILES string of the molecule is C=C(C)COc1ccc(F)cc1CN(CC)c1ccc(C(=O)OCCCC)nn1. The minimum Gasteiger partial charge on any atom is -0.489 e. The van der Waals surface area contributed by atoms with Crippen LogP contribution in [0.3, 0.4) is 0 Å². The van der Waals surface area contributed by atoms with Crippen LogP contribution in [0.4, 0.5) is 10.2 Å². The van der Waals surface area contributed by atoms with E-state index >= 15 is 0 Å². The number of hydrogen-bond donors (Lipinski definition) is 0. The Morgan fingerprint density at radius 2 is 2.00 bits per heavy atom. The third-order valence-corrected chi connectivity index (χ3v) is 4.15. The number of hydrogen-bond acceptors (Lipinski definition) is 6. The molecule has 6 nitrogen and oxygen atoms in total. The van der Waals surface area contributed by atoms with Gasteiger partial charge in [-0.25, -0.2) is 9.18 Å². The molecule has 1 heterocycles. The number of aromatic nitrogens is 2. The molecule has 1 aromatic carbocycles. The minimum absolute atomic E-state index is 0.164. The summed E-state index contributed by atoms with van der Waals surface area (Å²) < 4.78 is 24.7. The Bertz CT molecular complexity index is 825. The van der Waals surface area contributed by atoms with Crippen LogP contribution in [-0.2, 0) is 11.3 Å². The van der Waals surface area contributed by atoms with Crippen LogP contribution in [-0.4, -0.2) is 35.9 Å². The molecule has 0 N–H and O–H groups in total. The molecule has 0 atom stereocenters. The van der Waals surface area contributed by atoms with Crippen LogP contribution in [0.5, 0.6) is 5.75 Å². The molecule has 0 saturated heterocycles. The van der Waals surface area contributed by atoms with Crippen LogP contribution in [0.1, 0.15) is 49.7 Å². The van der Waals surface area contributed by atoms with Gasteiger partial charge in [0.15, 0.2) is 11.5 Å². The van der Waals surface area contributed by atoms with Gasteiger partial charge >= 0.3 is 5.97 Å². The molecule has 1 aromatic heterocycles. The summed E-state index contributed by atoms with van der Waals surface area (Å²) >= 11 is 0. The molecule has 2 rings (SSSR count). The molecule has 0 spiro atoms. The van der Waals surface area contributed by atoms with E-state index in [0.717, 1.165) is 18.4 Å². The lowest BCUT2D eigenvalue weighted by Gasteiger charge is -2.23. The van der Waals surface area contributed by atoms with Crippen LogP contribution < -0.4 is 9.64 Å². The Balaban J connectivity index is 2.13. The van der Waals surface area contributed by atoms with Crippen molar-refractivity contribution in [1.82, 2.24) is 10.2 Å². The Labute approximate surface area is 171 Å². The molecule has 0 fully saturated rings. The van der Waals surface area contributed by atoms with Crippen molar-refractivity contribution >= 4 is 11.8 Å². The summed E-state index contributed by atoms with van der Waals surface area (Å²) in [7, 11) is 0. The fourth-order valence-corrected chi connectivity index (χ4v) is 2.56. The fourth-order valence-electron chi connectivity index (χ4n) is 2.56. The summed E-state index contributed by atoms with van der Waals surface area (Å²) in [4.78, 5) is 13.9. The first-order chi connectivity index (χ1) is 13.9. The first-order valence-corrected chi connectivity index (χ1v) is 9.76. The van der Waals surface area contributed by atoms with Gasteiger partial charge in [0, 0.05) is 18.7 Å². The second kappa shape index (κ2) is 11.1. The molecule has 0 unspecified atom stereocenters. The molecule has 0 amide bonds. The number of unbranched alkanes of at least 4 members (excludes halogenated alkanes) is 1. The molecule has 0 aliphatic rings. The van der Waals surface area contributed by atoms with Crippen molar-refractivity contribution in [3.8, 4) is 5.75 Å². The maximum absolute atomic E-state index is 13.8. The van der Waals surface area contributed by atoms with Gasteiger partial charge in [0.05, 0.1) is 6.61 Å². The number of rotatable bonds is 11. The van der Waals surface area contributed by atoms with Gasteiger partial charge in [-0.2, -0.15) is 0 Å². The zero-order valence-corrected chi connectivity index (χ0v) is 17.3.